The minimum Gasteiger partial charge on any atom is -0.593 e. The Kier molecular flexibility index (Phi) is 3.79. The molecule has 0 atom stereocenters. The van der Waals surface area contributed by atoms with Crippen LogP contribution in [0.1, 0.15) is 0 Å². The van der Waals surface area contributed by atoms with Crippen molar-refractivity contribution < 1.29 is 4.86 Å². The Balaban J connectivity index is 3.37. The standard InChI is InChI=1S/C6H2BrCl3N2O/c7-11-12(13)6-4(9)1-3(8)2-5(6)10/h1-2H. The Morgan fingerprint density at radius 2 is 1.69 bits per heavy atom. The normalized spacial score (nSPS) is 11.8. The van der Waals surface area contributed by atoms with Crippen molar-refractivity contribution in [2.45, 2.75) is 0 Å². The average Bonchev–Trinajstić information content (AvgIpc) is 2.02. The van der Waals surface area contributed by atoms with Gasteiger partial charge in [-0.1, -0.05) is 34.8 Å². The van der Waals surface area contributed by atoms with Gasteiger partial charge in [0.15, 0.2) is 16.1 Å². The zero-order valence-electron chi connectivity index (χ0n) is 5.97. The van der Waals surface area contributed by atoms with Crippen molar-refractivity contribution >= 4 is 56.6 Å². The van der Waals surface area contributed by atoms with Crippen molar-refractivity contribution in [3.63, 3.8) is 0 Å². The molecule has 3 nitrogen and oxygen atoms in total. The largest absolute Gasteiger partial charge is 0.593 e. The molecular weight excluding hydrogens is 302 g/mol. The molecule has 7 heteroatoms. The Bertz CT molecular complexity index is 346. The first-order valence-corrected chi connectivity index (χ1v) is 4.84. The first kappa shape index (κ1) is 11.0. The Labute approximate surface area is 97.8 Å². The highest BCUT2D eigenvalue weighted by Gasteiger charge is 2.16. The summed E-state index contributed by atoms with van der Waals surface area (Å²) >= 11 is 19.7. The molecule has 0 radical (unpaired) electrons. The number of hydrogen-bond donors (Lipinski definition) is 0. The molecule has 0 saturated carbocycles. The summed E-state index contributed by atoms with van der Waals surface area (Å²) in [4.78, 5) is 0.265. The summed E-state index contributed by atoms with van der Waals surface area (Å²) in [5.74, 6) is 0. The quantitative estimate of drug-likeness (QED) is 0.426. The van der Waals surface area contributed by atoms with Crippen LogP contribution in [0.5, 0.6) is 0 Å². The van der Waals surface area contributed by atoms with E-state index in [1.807, 2.05) is 0 Å². The van der Waals surface area contributed by atoms with Gasteiger partial charge >= 0.3 is 0 Å². The van der Waals surface area contributed by atoms with Crippen LogP contribution >= 0.6 is 51.0 Å². The van der Waals surface area contributed by atoms with Gasteiger partial charge in [0.2, 0.25) is 0 Å². The Morgan fingerprint density at radius 3 is 2.08 bits per heavy atom. The maximum absolute atomic E-state index is 11.1. The molecule has 0 aliphatic heterocycles. The lowest BCUT2D eigenvalue weighted by molar-refractivity contribution is -0.427. The van der Waals surface area contributed by atoms with E-state index < -0.39 is 0 Å². The lowest BCUT2D eigenvalue weighted by atomic mass is 10.3. The van der Waals surface area contributed by atoms with Gasteiger partial charge in [-0.25, -0.2) is 0 Å². The van der Waals surface area contributed by atoms with Crippen molar-refractivity contribution in [2.75, 3.05) is 0 Å². The van der Waals surface area contributed by atoms with E-state index in [-0.39, 0.29) is 20.6 Å². The van der Waals surface area contributed by atoms with Crippen LogP contribution in [0.25, 0.3) is 0 Å². The first-order valence-electron chi connectivity index (χ1n) is 3.00. The van der Waals surface area contributed by atoms with Crippen LogP contribution in [0.15, 0.2) is 16.3 Å². The molecule has 0 aliphatic carbocycles. The molecular formula is C6H2BrCl3N2O. The van der Waals surface area contributed by atoms with Gasteiger partial charge in [-0.3, -0.25) is 0 Å². The van der Waals surface area contributed by atoms with Gasteiger partial charge in [0, 0.05) is 5.02 Å². The fourth-order valence-electron chi connectivity index (χ4n) is 0.755. The second kappa shape index (κ2) is 4.46. The van der Waals surface area contributed by atoms with E-state index in [1.54, 1.807) is 0 Å². The molecule has 70 valence electrons. The number of benzene rings is 1. The monoisotopic (exact) mass is 302 g/mol. The van der Waals surface area contributed by atoms with Crippen molar-refractivity contribution in [1.29, 1.82) is 0 Å². The van der Waals surface area contributed by atoms with Crippen molar-refractivity contribution in [2.24, 2.45) is 4.14 Å². The van der Waals surface area contributed by atoms with Crippen molar-refractivity contribution in [3.8, 4) is 0 Å². The molecule has 0 aromatic heterocycles. The number of hydrogen-bond acceptors (Lipinski definition) is 2. The summed E-state index contributed by atoms with van der Waals surface area (Å²) in [6.45, 7) is 0. The number of halogens is 4. The van der Waals surface area contributed by atoms with E-state index in [0.717, 1.165) is 0 Å². The van der Waals surface area contributed by atoms with Gasteiger partial charge in [0.1, 0.15) is 10.0 Å². The first-order chi connectivity index (χ1) is 6.06. The highest BCUT2D eigenvalue weighted by atomic mass is 79.9. The van der Waals surface area contributed by atoms with Crippen LogP contribution in [-0.2, 0) is 0 Å². The van der Waals surface area contributed by atoms with Gasteiger partial charge in [0.05, 0.1) is 4.14 Å². The van der Waals surface area contributed by atoms with Gasteiger partial charge in [-0.2, -0.15) is 0 Å². The molecule has 1 aromatic carbocycles. The number of rotatable bonds is 1. The van der Waals surface area contributed by atoms with Gasteiger partial charge in [-0.05, 0) is 17.0 Å². The smallest absolute Gasteiger partial charge is 0.282 e. The minimum absolute atomic E-state index is 0.0598. The second-order valence-electron chi connectivity index (χ2n) is 2.07. The van der Waals surface area contributed by atoms with Crippen LogP contribution in [0.3, 0.4) is 0 Å². The fraction of sp³-hybridized carbons (Fsp3) is 0. The molecule has 0 saturated heterocycles. The zero-order chi connectivity index (χ0) is 10.0. The Hall–Kier alpha value is -0.0300. The van der Waals surface area contributed by atoms with Crippen LogP contribution < -0.4 is 0 Å². The van der Waals surface area contributed by atoms with E-state index in [4.69, 9.17) is 34.8 Å². The molecule has 0 bridgehead atoms. The predicted molar refractivity (Wildman–Crippen MR) is 56.1 cm³/mol. The summed E-state index contributed by atoms with van der Waals surface area (Å²) in [6, 6.07) is 2.82. The lowest BCUT2D eigenvalue weighted by Gasteiger charge is -2.02. The maximum Gasteiger partial charge on any atom is 0.282 e. The average molecular weight is 304 g/mol. The molecule has 0 heterocycles. The predicted octanol–water partition coefficient (Wildman–Crippen LogP) is 4.55. The zero-order valence-corrected chi connectivity index (χ0v) is 9.82. The van der Waals surface area contributed by atoms with Gasteiger partial charge < -0.3 is 5.21 Å². The summed E-state index contributed by atoms with van der Waals surface area (Å²) < 4.78 is 3.19. The highest BCUT2D eigenvalue weighted by molar-refractivity contribution is 9.08. The van der Waals surface area contributed by atoms with Crippen LogP contribution in [0, 0.1) is 5.21 Å². The van der Waals surface area contributed by atoms with E-state index in [0.29, 0.717) is 5.02 Å². The fourth-order valence-corrected chi connectivity index (χ4v) is 1.88. The third kappa shape index (κ3) is 2.47. The van der Waals surface area contributed by atoms with Crippen LogP contribution in [-0.4, -0.2) is 4.86 Å². The van der Waals surface area contributed by atoms with E-state index in [9.17, 15) is 5.21 Å². The topological polar surface area (TPSA) is 38.4 Å². The van der Waals surface area contributed by atoms with E-state index in [2.05, 4.69) is 20.3 Å². The van der Waals surface area contributed by atoms with Crippen molar-refractivity contribution in [1.82, 2.24) is 0 Å². The number of nitrogens with zero attached hydrogens (tertiary/aromatic N) is 2. The third-order valence-electron chi connectivity index (χ3n) is 1.24. The summed E-state index contributed by atoms with van der Waals surface area (Å²) in [6.07, 6.45) is 0. The lowest BCUT2D eigenvalue weighted by Crippen LogP contribution is -1.91. The van der Waals surface area contributed by atoms with Gasteiger partial charge in [-0.15, -0.1) is 0 Å². The molecule has 0 unspecified atom stereocenters. The van der Waals surface area contributed by atoms with E-state index >= 15 is 0 Å². The molecule has 0 aliphatic rings. The Morgan fingerprint density at radius 1 is 1.23 bits per heavy atom. The molecule has 13 heavy (non-hydrogen) atoms. The molecule has 1 rings (SSSR count). The summed E-state index contributed by atoms with van der Waals surface area (Å²) in [5.41, 5.74) is 0.0598. The maximum atomic E-state index is 11.1. The van der Waals surface area contributed by atoms with Crippen LogP contribution in [0.2, 0.25) is 15.1 Å². The van der Waals surface area contributed by atoms with Gasteiger partial charge in [0.25, 0.3) is 5.69 Å². The van der Waals surface area contributed by atoms with Crippen molar-refractivity contribution in [3.05, 3.63) is 32.4 Å². The minimum atomic E-state index is 0.0598. The summed E-state index contributed by atoms with van der Waals surface area (Å²) in [7, 11) is 0. The molecule has 1 aromatic rings. The molecule has 0 amide bonds. The third-order valence-corrected chi connectivity index (χ3v) is 2.32. The highest BCUT2D eigenvalue weighted by Crippen LogP contribution is 2.35. The summed E-state index contributed by atoms with van der Waals surface area (Å²) in [5, 5.41) is 11.7. The molecule has 0 spiro atoms. The van der Waals surface area contributed by atoms with E-state index in [1.165, 1.54) is 12.1 Å². The second-order valence-corrected chi connectivity index (χ2v) is 3.63. The SMILES string of the molecule is [O-][N+](=NBr)c1c(Cl)cc(Cl)cc1Cl. The van der Waals surface area contributed by atoms with Crippen LogP contribution in [0.4, 0.5) is 5.69 Å². The molecule has 0 fully saturated rings. The molecule has 0 N–H and O–H groups in total.